The first kappa shape index (κ1) is 11.5. The fourth-order valence-corrected chi connectivity index (χ4v) is 2.68. The number of nitrogens with zero attached hydrogens (tertiary/aromatic N) is 1. The molecule has 4 heteroatoms. The van der Waals surface area contributed by atoms with Gasteiger partial charge in [0.15, 0.2) is 11.5 Å². The highest BCUT2D eigenvalue weighted by atomic mass is 32.1. The maximum absolute atomic E-state index is 5.69. The molecule has 0 saturated carbocycles. The minimum Gasteiger partial charge on any atom is -0.490 e. The summed E-state index contributed by atoms with van der Waals surface area (Å²) in [5.74, 6) is 1.67. The van der Waals surface area contributed by atoms with Crippen LogP contribution in [0.25, 0.3) is 11.3 Å². The molecule has 0 bridgehead atoms. The third-order valence-electron chi connectivity index (χ3n) is 2.90. The van der Waals surface area contributed by atoms with Crippen molar-refractivity contribution in [1.82, 2.24) is 4.98 Å². The summed E-state index contributed by atoms with van der Waals surface area (Å²) < 4.78 is 11.3. The van der Waals surface area contributed by atoms with Crippen molar-refractivity contribution in [3.8, 4) is 22.8 Å². The zero-order chi connectivity index (χ0) is 12.4. The van der Waals surface area contributed by atoms with E-state index in [0.29, 0.717) is 6.61 Å². The number of rotatable bonds is 2. The topological polar surface area (TPSA) is 31.4 Å². The number of ether oxygens (including phenoxy) is 2. The van der Waals surface area contributed by atoms with E-state index in [2.05, 4.69) is 17.3 Å². The van der Waals surface area contributed by atoms with Crippen LogP contribution in [0, 0.1) is 0 Å². The van der Waals surface area contributed by atoms with E-state index in [1.165, 1.54) is 0 Å². The second kappa shape index (κ2) is 4.98. The van der Waals surface area contributed by atoms with Gasteiger partial charge in [0.25, 0.3) is 0 Å². The smallest absolute Gasteiger partial charge is 0.161 e. The van der Waals surface area contributed by atoms with Gasteiger partial charge in [0.1, 0.15) is 0 Å². The molecule has 1 aliphatic heterocycles. The first-order valence-electron chi connectivity index (χ1n) is 6.21. The zero-order valence-corrected chi connectivity index (χ0v) is 11.1. The van der Waals surface area contributed by atoms with Crippen LogP contribution in [0.5, 0.6) is 11.5 Å². The molecule has 2 aromatic rings. The third kappa shape index (κ3) is 2.20. The largest absolute Gasteiger partial charge is 0.490 e. The van der Waals surface area contributed by atoms with E-state index in [9.17, 15) is 0 Å². The molecule has 0 N–H and O–H groups in total. The van der Waals surface area contributed by atoms with Gasteiger partial charge < -0.3 is 9.47 Å². The van der Waals surface area contributed by atoms with Crippen molar-refractivity contribution in [2.75, 3.05) is 13.2 Å². The van der Waals surface area contributed by atoms with Crippen molar-refractivity contribution >= 4 is 11.3 Å². The standard InChI is InChI=1S/C14H15NO2S/c1-2-14-15-11(9-18-14)10-4-5-12-13(8-10)17-7-3-6-16-12/h4-5,8-9H,2-3,6-7H2,1H3. The predicted molar refractivity (Wildman–Crippen MR) is 72.5 cm³/mol. The molecule has 3 nitrogen and oxygen atoms in total. The Kier molecular flexibility index (Phi) is 3.19. The van der Waals surface area contributed by atoms with E-state index < -0.39 is 0 Å². The van der Waals surface area contributed by atoms with Crippen LogP contribution in [0.1, 0.15) is 18.4 Å². The lowest BCUT2D eigenvalue weighted by Crippen LogP contribution is -1.97. The summed E-state index contributed by atoms with van der Waals surface area (Å²) >= 11 is 1.70. The summed E-state index contributed by atoms with van der Waals surface area (Å²) in [5, 5.41) is 3.26. The molecule has 0 radical (unpaired) electrons. The number of thiazole rings is 1. The Bertz CT molecular complexity index is 550. The van der Waals surface area contributed by atoms with E-state index in [4.69, 9.17) is 9.47 Å². The Labute approximate surface area is 110 Å². The second-order valence-corrected chi connectivity index (χ2v) is 5.13. The molecule has 0 unspecified atom stereocenters. The van der Waals surface area contributed by atoms with Gasteiger partial charge in [0, 0.05) is 17.4 Å². The van der Waals surface area contributed by atoms with Gasteiger partial charge in [-0.3, -0.25) is 0 Å². The molecule has 1 aromatic carbocycles. The van der Waals surface area contributed by atoms with E-state index >= 15 is 0 Å². The molecule has 0 saturated heterocycles. The van der Waals surface area contributed by atoms with Crippen LogP contribution < -0.4 is 9.47 Å². The van der Waals surface area contributed by atoms with Crippen molar-refractivity contribution in [2.45, 2.75) is 19.8 Å². The molecule has 0 spiro atoms. The summed E-state index contributed by atoms with van der Waals surface area (Å²) in [6, 6.07) is 6.04. The Morgan fingerprint density at radius 3 is 2.83 bits per heavy atom. The monoisotopic (exact) mass is 261 g/mol. The normalized spacial score (nSPS) is 14.3. The van der Waals surface area contributed by atoms with Gasteiger partial charge in [-0.2, -0.15) is 0 Å². The van der Waals surface area contributed by atoms with Crippen LogP contribution in [0.4, 0.5) is 0 Å². The number of hydrogen-bond donors (Lipinski definition) is 0. The lowest BCUT2D eigenvalue weighted by molar-refractivity contribution is 0.297. The van der Waals surface area contributed by atoms with E-state index in [1.54, 1.807) is 11.3 Å². The number of fused-ring (bicyclic) bond motifs is 1. The number of hydrogen-bond acceptors (Lipinski definition) is 4. The molecule has 94 valence electrons. The molecule has 18 heavy (non-hydrogen) atoms. The molecule has 0 atom stereocenters. The van der Waals surface area contributed by atoms with Crippen LogP contribution in [-0.4, -0.2) is 18.2 Å². The summed E-state index contributed by atoms with van der Waals surface area (Å²) in [7, 11) is 0. The van der Waals surface area contributed by atoms with Crippen molar-refractivity contribution in [1.29, 1.82) is 0 Å². The van der Waals surface area contributed by atoms with Gasteiger partial charge in [0.05, 0.1) is 23.9 Å². The fraction of sp³-hybridized carbons (Fsp3) is 0.357. The molecule has 2 heterocycles. The first-order chi connectivity index (χ1) is 8.86. The average Bonchev–Trinajstić information content (AvgIpc) is 2.76. The lowest BCUT2D eigenvalue weighted by atomic mass is 10.1. The van der Waals surface area contributed by atoms with E-state index in [0.717, 1.165) is 47.2 Å². The summed E-state index contributed by atoms with van der Waals surface area (Å²) in [5.41, 5.74) is 2.11. The van der Waals surface area contributed by atoms with Gasteiger partial charge >= 0.3 is 0 Å². The van der Waals surface area contributed by atoms with E-state index in [1.807, 2.05) is 18.2 Å². The van der Waals surface area contributed by atoms with Crippen molar-refractivity contribution in [3.05, 3.63) is 28.6 Å². The fourth-order valence-electron chi connectivity index (χ4n) is 1.93. The SMILES string of the molecule is CCc1nc(-c2ccc3c(c2)OCCCO3)cs1. The van der Waals surface area contributed by atoms with E-state index in [-0.39, 0.29) is 0 Å². The molecular weight excluding hydrogens is 246 g/mol. The lowest BCUT2D eigenvalue weighted by Gasteiger charge is -2.08. The van der Waals surface area contributed by atoms with Crippen LogP contribution in [0.15, 0.2) is 23.6 Å². The maximum Gasteiger partial charge on any atom is 0.161 e. The van der Waals surface area contributed by atoms with Crippen LogP contribution in [0.2, 0.25) is 0 Å². The average molecular weight is 261 g/mol. The molecule has 3 rings (SSSR count). The second-order valence-electron chi connectivity index (χ2n) is 4.19. The van der Waals surface area contributed by atoms with Crippen LogP contribution >= 0.6 is 11.3 Å². The van der Waals surface area contributed by atoms with Crippen LogP contribution in [0.3, 0.4) is 0 Å². The summed E-state index contributed by atoms with van der Waals surface area (Å²) in [6.45, 7) is 3.56. The minimum atomic E-state index is 0.716. The Morgan fingerprint density at radius 2 is 2.06 bits per heavy atom. The van der Waals surface area contributed by atoms with Gasteiger partial charge in [-0.15, -0.1) is 11.3 Å². The molecule has 1 aliphatic rings. The quantitative estimate of drug-likeness (QED) is 0.828. The van der Waals surface area contributed by atoms with Crippen LogP contribution in [-0.2, 0) is 6.42 Å². The molecular formula is C14H15NO2S. The minimum absolute atomic E-state index is 0.716. The van der Waals surface area contributed by atoms with Crippen molar-refractivity contribution in [2.24, 2.45) is 0 Å². The summed E-state index contributed by atoms with van der Waals surface area (Å²) in [4.78, 5) is 4.59. The Balaban J connectivity index is 1.95. The Hall–Kier alpha value is -1.55. The Morgan fingerprint density at radius 1 is 1.22 bits per heavy atom. The zero-order valence-electron chi connectivity index (χ0n) is 10.3. The number of aryl methyl sites for hydroxylation is 1. The highest BCUT2D eigenvalue weighted by Crippen LogP contribution is 2.34. The van der Waals surface area contributed by atoms with Gasteiger partial charge in [-0.25, -0.2) is 4.98 Å². The highest BCUT2D eigenvalue weighted by molar-refractivity contribution is 7.09. The molecule has 0 aliphatic carbocycles. The van der Waals surface area contributed by atoms with Crippen molar-refractivity contribution in [3.63, 3.8) is 0 Å². The number of benzene rings is 1. The first-order valence-corrected chi connectivity index (χ1v) is 7.09. The molecule has 0 fully saturated rings. The molecule has 1 aromatic heterocycles. The summed E-state index contributed by atoms with van der Waals surface area (Å²) in [6.07, 6.45) is 1.91. The van der Waals surface area contributed by atoms with Crippen molar-refractivity contribution < 1.29 is 9.47 Å². The highest BCUT2D eigenvalue weighted by Gasteiger charge is 2.12. The van der Waals surface area contributed by atoms with Gasteiger partial charge in [-0.1, -0.05) is 6.92 Å². The molecule has 0 amide bonds. The van der Waals surface area contributed by atoms with Gasteiger partial charge in [0.2, 0.25) is 0 Å². The number of aromatic nitrogens is 1. The third-order valence-corrected chi connectivity index (χ3v) is 3.89. The van der Waals surface area contributed by atoms with Gasteiger partial charge in [-0.05, 0) is 24.6 Å². The predicted octanol–water partition coefficient (Wildman–Crippen LogP) is 3.53. The maximum atomic E-state index is 5.69.